The normalized spacial score (nSPS) is 25.4. The summed E-state index contributed by atoms with van der Waals surface area (Å²) in [5.41, 5.74) is 0. The predicted octanol–water partition coefficient (Wildman–Crippen LogP) is 1.24. The van der Waals surface area contributed by atoms with Crippen LogP contribution in [0.4, 0.5) is 0 Å². The number of likely N-dealkylation sites (N-methyl/N-ethyl adjacent to an activating group) is 1. The monoisotopic (exact) mass is 307 g/mol. The van der Waals surface area contributed by atoms with Crippen molar-refractivity contribution in [2.75, 3.05) is 32.7 Å². The van der Waals surface area contributed by atoms with Crippen molar-refractivity contribution in [3.05, 3.63) is 0 Å². The van der Waals surface area contributed by atoms with Crippen molar-refractivity contribution in [3.8, 4) is 0 Å². The molecular formula is C17H29N3O2. The van der Waals surface area contributed by atoms with E-state index in [9.17, 15) is 9.59 Å². The minimum absolute atomic E-state index is 0.00699. The molecule has 1 atom stereocenters. The molecule has 0 bridgehead atoms. The van der Waals surface area contributed by atoms with Crippen molar-refractivity contribution in [2.45, 2.75) is 51.5 Å². The Hall–Kier alpha value is -1.10. The lowest BCUT2D eigenvalue weighted by Gasteiger charge is -2.32. The second kappa shape index (κ2) is 6.99. The van der Waals surface area contributed by atoms with E-state index in [0.717, 1.165) is 57.9 Å². The van der Waals surface area contributed by atoms with Crippen molar-refractivity contribution in [1.82, 2.24) is 15.1 Å². The van der Waals surface area contributed by atoms with E-state index in [2.05, 4.69) is 17.1 Å². The van der Waals surface area contributed by atoms with Crippen molar-refractivity contribution in [2.24, 2.45) is 11.8 Å². The van der Waals surface area contributed by atoms with E-state index in [-0.39, 0.29) is 23.7 Å². The first-order chi connectivity index (χ1) is 10.7. The number of rotatable bonds is 7. The highest BCUT2D eigenvalue weighted by Crippen LogP contribution is 2.32. The number of nitrogens with zero attached hydrogens (tertiary/aromatic N) is 2. The number of amides is 2. The summed E-state index contributed by atoms with van der Waals surface area (Å²) < 4.78 is 0. The second-order valence-corrected chi connectivity index (χ2v) is 7.05. The SMILES string of the molecule is CCN(CCNC(=O)[C@H]1CCCN(C(=O)C2CC2)C1)C1CC1. The van der Waals surface area contributed by atoms with Crippen LogP contribution in [0.15, 0.2) is 0 Å². The molecule has 3 aliphatic rings. The van der Waals surface area contributed by atoms with Crippen LogP contribution in [0.2, 0.25) is 0 Å². The van der Waals surface area contributed by atoms with Gasteiger partial charge in [0.2, 0.25) is 11.8 Å². The van der Waals surface area contributed by atoms with E-state index < -0.39 is 0 Å². The molecule has 3 rings (SSSR count). The quantitative estimate of drug-likeness (QED) is 0.770. The maximum absolute atomic E-state index is 12.3. The maximum Gasteiger partial charge on any atom is 0.225 e. The van der Waals surface area contributed by atoms with Crippen LogP contribution in [0.1, 0.15) is 45.4 Å². The van der Waals surface area contributed by atoms with Crippen LogP contribution in [0.25, 0.3) is 0 Å². The Morgan fingerprint density at radius 1 is 1.14 bits per heavy atom. The number of piperidine rings is 1. The van der Waals surface area contributed by atoms with Gasteiger partial charge >= 0.3 is 0 Å². The van der Waals surface area contributed by atoms with Gasteiger partial charge in [-0.25, -0.2) is 0 Å². The standard InChI is InChI=1S/C17H29N3O2/c1-2-19(15-7-8-15)11-9-18-16(21)14-4-3-10-20(12-14)17(22)13-5-6-13/h13-15H,2-12H2,1H3,(H,18,21)/t14-/m0/s1. The van der Waals surface area contributed by atoms with Gasteiger partial charge in [-0.3, -0.25) is 14.5 Å². The summed E-state index contributed by atoms with van der Waals surface area (Å²) >= 11 is 0. The molecule has 0 aromatic rings. The zero-order chi connectivity index (χ0) is 15.5. The summed E-state index contributed by atoms with van der Waals surface area (Å²) in [6, 6.07) is 0.753. The maximum atomic E-state index is 12.3. The van der Waals surface area contributed by atoms with Gasteiger partial charge in [0.05, 0.1) is 5.92 Å². The Morgan fingerprint density at radius 3 is 2.55 bits per heavy atom. The zero-order valence-corrected chi connectivity index (χ0v) is 13.7. The molecule has 1 saturated heterocycles. The van der Waals surface area contributed by atoms with Crippen LogP contribution in [0, 0.1) is 11.8 Å². The van der Waals surface area contributed by atoms with Crippen molar-refractivity contribution < 1.29 is 9.59 Å². The van der Waals surface area contributed by atoms with Crippen molar-refractivity contribution >= 4 is 11.8 Å². The lowest BCUT2D eigenvalue weighted by molar-refractivity contribution is -0.136. The number of carbonyl (C=O) groups excluding carboxylic acids is 2. The molecule has 1 heterocycles. The van der Waals surface area contributed by atoms with Crippen molar-refractivity contribution in [3.63, 3.8) is 0 Å². The number of likely N-dealkylation sites (tertiary alicyclic amines) is 1. The lowest BCUT2D eigenvalue weighted by Crippen LogP contribution is -2.47. The average Bonchev–Trinajstić information content (AvgIpc) is 3.41. The largest absolute Gasteiger partial charge is 0.355 e. The molecule has 0 radical (unpaired) electrons. The van der Waals surface area contributed by atoms with E-state index in [0.29, 0.717) is 6.54 Å². The number of hydrogen-bond acceptors (Lipinski definition) is 3. The van der Waals surface area contributed by atoms with Crippen LogP contribution >= 0.6 is 0 Å². The molecule has 2 saturated carbocycles. The Kier molecular flexibility index (Phi) is 5.01. The average molecular weight is 307 g/mol. The molecule has 0 aromatic carbocycles. The van der Waals surface area contributed by atoms with Gasteiger partial charge in [-0.2, -0.15) is 0 Å². The van der Waals surface area contributed by atoms with Gasteiger partial charge in [-0.1, -0.05) is 6.92 Å². The molecule has 0 spiro atoms. The fourth-order valence-electron chi connectivity index (χ4n) is 3.49. The van der Waals surface area contributed by atoms with Gasteiger partial charge in [-0.05, 0) is 45.1 Å². The van der Waals surface area contributed by atoms with E-state index in [4.69, 9.17) is 0 Å². The summed E-state index contributed by atoms with van der Waals surface area (Å²) in [5, 5.41) is 3.09. The third-order valence-corrected chi connectivity index (χ3v) is 5.20. The first kappa shape index (κ1) is 15.8. The molecule has 5 nitrogen and oxygen atoms in total. The van der Waals surface area contributed by atoms with Gasteiger partial charge in [0, 0.05) is 38.1 Å². The van der Waals surface area contributed by atoms with Gasteiger partial charge < -0.3 is 10.2 Å². The Labute approximate surface area is 133 Å². The van der Waals surface area contributed by atoms with E-state index in [1.54, 1.807) is 0 Å². The molecule has 124 valence electrons. The molecule has 5 heteroatoms. The van der Waals surface area contributed by atoms with Crippen LogP contribution in [0.3, 0.4) is 0 Å². The smallest absolute Gasteiger partial charge is 0.225 e. The van der Waals surface area contributed by atoms with Crippen LogP contribution in [-0.4, -0.2) is 60.4 Å². The molecule has 3 fully saturated rings. The summed E-state index contributed by atoms with van der Waals surface area (Å²) in [7, 11) is 0. The Bertz CT molecular complexity index is 418. The number of hydrogen-bond donors (Lipinski definition) is 1. The highest BCUT2D eigenvalue weighted by Gasteiger charge is 2.36. The van der Waals surface area contributed by atoms with Crippen LogP contribution in [0.5, 0.6) is 0 Å². The van der Waals surface area contributed by atoms with Gasteiger partial charge in [0.1, 0.15) is 0 Å². The van der Waals surface area contributed by atoms with Gasteiger partial charge in [0.25, 0.3) is 0 Å². The van der Waals surface area contributed by atoms with E-state index in [1.807, 2.05) is 4.90 Å². The highest BCUT2D eigenvalue weighted by molar-refractivity contribution is 5.83. The van der Waals surface area contributed by atoms with Gasteiger partial charge in [0.15, 0.2) is 0 Å². The summed E-state index contributed by atoms with van der Waals surface area (Å²) in [5.74, 6) is 0.675. The second-order valence-electron chi connectivity index (χ2n) is 7.05. The Balaban J connectivity index is 1.40. The predicted molar refractivity (Wildman–Crippen MR) is 85.3 cm³/mol. The van der Waals surface area contributed by atoms with E-state index in [1.165, 1.54) is 12.8 Å². The lowest BCUT2D eigenvalue weighted by atomic mass is 9.96. The van der Waals surface area contributed by atoms with Crippen molar-refractivity contribution in [1.29, 1.82) is 0 Å². The highest BCUT2D eigenvalue weighted by atomic mass is 16.2. The summed E-state index contributed by atoms with van der Waals surface area (Å²) in [6.45, 7) is 6.39. The van der Waals surface area contributed by atoms with Gasteiger partial charge in [-0.15, -0.1) is 0 Å². The van der Waals surface area contributed by atoms with E-state index >= 15 is 0 Å². The molecule has 1 N–H and O–H groups in total. The Morgan fingerprint density at radius 2 is 1.91 bits per heavy atom. The molecule has 2 amide bonds. The first-order valence-corrected chi connectivity index (χ1v) is 8.99. The number of carbonyl (C=O) groups is 2. The molecular weight excluding hydrogens is 278 g/mol. The summed E-state index contributed by atoms with van der Waals surface area (Å²) in [4.78, 5) is 28.9. The summed E-state index contributed by atoms with van der Waals surface area (Å²) in [6.07, 6.45) is 6.58. The topological polar surface area (TPSA) is 52.7 Å². The first-order valence-electron chi connectivity index (χ1n) is 8.99. The molecule has 1 aliphatic heterocycles. The fourth-order valence-corrected chi connectivity index (χ4v) is 3.49. The van der Waals surface area contributed by atoms with Crippen LogP contribution < -0.4 is 5.32 Å². The number of nitrogens with one attached hydrogen (secondary N) is 1. The molecule has 0 aromatic heterocycles. The third-order valence-electron chi connectivity index (χ3n) is 5.20. The minimum Gasteiger partial charge on any atom is -0.355 e. The molecule has 0 unspecified atom stereocenters. The fraction of sp³-hybridized carbons (Fsp3) is 0.882. The third kappa shape index (κ3) is 4.00. The zero-order valence-electron chi connectivity index (χ0n) is 13.7. The molecule has 22 heavy (non-hydrogen) atoms. The minimum atomic E-state index is -0.00699. The van der Waals surface area contributed by atoms with Crippen LogP contribution in [-0.2, 0) is 9.59 Å². The molecule has 2 aliphatic carbocycles.